The minimum atomic E-state index is -4.36. The van der Waals surface area contributed by atoms with Crippen molar-refractivity contribution in [2.45, 2.75) is 19.6 Å². The zero-order valence-electron chi connectivity index (χ0n) is 5.02. The molecule has 1 atom stereocenters. The molecule has 1 unspecified atom stereocenters. The van der Waals surface area contributed by atoms with Crippen molar-refractivity contribution >= 4 is 59.2 Å². The normalized spacial score (nSPS) is 14.0. The van der Waals surface area contributed by atoms with E-state index in [0.717, 1.165) is 0 Å². The molecule has 0 bridgehead atoms. The maximum atomic E-state index is 9.99. The second-order valence-corrected chi connectivity index (χ2v) is 2.73. The van der Waals surface area contributed by atoms with Crippen LogP contribution < -0.4 is 5.73 Å². The third-order valence-electron chi connectivity index (χ3n) is 0.675. The fourth-order valence-corrected chi connectivity index (χ4v) is 0.753. The Kier molecular flexibility index (Phi) is 8.90. The van der Waals surface area contributed by atoms with Gasteiger partial charge in [0.25, 0.3) is 0 Å². The molecule has 4 N–H and O–H groups in total. The molecule has 0 aliphatic rings. The third-order valence-corrected chi connectivity index (χ3v) is 1.22. The van der Waals surface area contributed by atoms with Gasteiger partial charge in [0.2, 0.25) is 0 Å². The van der Waals surface area contributed by atoms with E-state index in [1.54, 1.807) is 6.92 Å². The molecule has 0 fully saturated rings. The summed E-state index contributed by atoms with van der Waals surface area (Å²) in [6, 6.07) is 0. The molecule has 0 spiro atoms. The van der Waals surface area contributed by atoms with Crippen LogP contribution in [0.2, 0.25) is 0 Å². The molecule has 0 radical (unpaired) electrons. The maximum absolute atomic E-state index is 9.99. The number of hydrogen-bond acceptors (Lipinski definition) is 3. The fraction of sp³-hybridized carbons (Fsp3) is 1.00. The van der Waals surface area contributed by atoms with Crippen molar-refractivity contribution in [3.63, 3.8) is 0 Å². The second kappa shape index (κ2) is 6.25. The Labute approximate surface area is 102 Å². The molecule has 7 heteroatoms. The Morgan fingerprint density at radius 1 is 1.70 bits per heavy atom. The molecule has 0 aromatic rings. The Bertz CT molecular complexity index is 126. The molecule has 5 nitrogen and oxygen atoms in total. The first-order valence-corrected chi connectivity index (χ1v) is 3.98. The summed E-state index contributed by atoms with van der Waals surface area (Å²) in [7, 11) is -4.36. The topological polar surface area (TPSA) is 92.8 Å². The van der Waals surface area contributed by atoms with Gasteiger partial charge in [-0.2, -0.15) is 0 Å². The van der Waals surface area contributed by atoms with Gasteiger partial charge in [0.15, 0.2) is 0 Å². The molecule has 58 valence electrons. The molecule has 0 aliphatic heterocycles. The first kappa shape index (κ1) is 14.2. The quantitative estimate of drug-likeness (QED) is 0.309. The van der Waals surface area contributed by atoms with E-state index in [2.05, 4.69) is 4.52 Å². The van der Waals surface area contributed by atoms with Crippen molar-refractivity contribution < 1.29 is 18.9 Å². The van der Waals surface area contributed by atoms with Gasteiger partial charge in [-0.15, -0.1) is 0 Å². The van der Waals surface area contributed by atoms with Gasteiger partial charge in [0.05, 0.1) is 0 Å². The summed E-state index contributed by atoms with van der Waals surface area (Å²) in [5.41, 5.74) is 5.04. The van der Waals surface area contributed by atoms with Crippen LogP contribution in [0.25, 0.3) is 0 Å². The number of hydrogen-bond donors (Lipinski definition) is 3. The van der Waals surface area contributed by atoms with Gasteiger partial charge in [-0.25, -0.2) is 4.57 Å². The zero-order chi connectivity index (χ0) is 7.49. The van der Waals surface area contributed by atoms with Gasteiger partial charge >= 0.3 is 59.2 Å². The number of rotatable bonds is 3. The van der Waals surface area contributed by atoms with Crippen LogP contribution in [-0.4, -0.2) is 67.4 Å². The van der Waals surface area contributed by atoms with E-state index in [-0.39, 0.29) is 51.4 Å². The molecule has 0 heterocycles. The van der Waals surface area contributed by atoms with Crippen molar-refractivity contribution in [1.82, 2.24) is 0 Å². The van der Waals surface area contributed by atoms with E-state index in [0.29, 0.717) is 6.42 Å². The van der Waals surface area contributed by atoms with Gasteiger partial charge in [0, 0.05) is 0 Å². The summed E-state index contributed by atoms with van der Waals surface area (Å²) in [5.74, 6) is 0. The molecular formula is C3H11KNO4P. The van der Waals surface area contributed by atoms with E-state index >= 15 is 0 Å². The summed E-state index contributed by atoms with van der Waals surface area (Å²) in [5, 5.41) is 0. The standard InChI is InChI=1S/C3H10NO4P.K.H/c1-2-3(4)8-9(5,6)7;;/h3H,2,4H2,1H3,(H2,5,6,7);;. The summed E-state index contributed by atoms with van der Waals surface area (Å²) in [6.07, 6.45) is -0.490. The molecule has 0 amide bonds. The fourth-order valence-electron chi connectivity index (χ4n) is 0.251. The van der Waals surface area contributed by atoms with Crippen LogP contribution in [0, 0.1) is 0 Å². The van der Waals surface area contributed by atoms with E-state index < -0.39 is 14.1 Å². The number of phosphoric ester groups is 1. The molecule has 0 aromatic heterocycles. The molecule has 0 aromatic carbocycles. The first-order valence-electron chi connectivity index (χ1n) is 2.45. The first-order chi connectivity index (χ1) is 3.95. The average molecular weight is 195 g/mol. The Morgan fingerprint density at radius 3 is 2.20 bits per heavy atom. The van der Waals surface area contributed by atoms with Gasteiger partial charge < -0.3 is 15.5 Å². The Balaban J connectivity index is 0. The van der Waals surface area contributed by atoms with E-state index in [9.17, 15) is 4.57 Å². The van der Waals surface area contributed by atoms with Crippen LogP contribution in [0.3, 0.4) is 0 Å². The number of nitrogens with two attached hydrogens (primary N) is 1. The van der Waals surface area contributed by atoms with Crippen molar-refractivity contribution in [3.05, 3.63) is 0 Å². The summed E-state index contributed by atoms with van der Waals surface area (Å²) in [4.78, 5) is 16.3. The van der Waals surface area contributed by atoms with Crippen LogP contribution in [0.1, 0.15) is 13.3 Å². The van der Waals surface area contributed by atoms with E-state index in [1.165, 1.54) is 0 Å². The monoisotopic (exact) mass is 195 g/mol. The van der Waals surface area contributed by atoms with E-state index in [4.69, 9.17) is 15.5 Å². The predicted octanol–water partition coefficient (Wildman–Crippen LogP) is -0.858. The summed E-state index contributed by atoms with van der Waals surface area (Å²) >= 11 is 0. The van der Waals surface area contributed by atoms with Crippen LogP contribution in [0.15, 0.2) is 0 Å². The Morgan fingerprint density at radius 2 is 2.10 bits per heavy atom. The average Bonchev–Trinajstić information content (AvgIpc) is 1.62. The molecule has 10 heavy (non-hydrogen) atoms. The van der Waals surface area contributed by atoms with Crippen LogP contribution >= 0.6 is 7.82 Å². The van der Waals surface area contributed by atoms with Crippen molar-refractivity contribution in [3.8, 4) is 0 Å². The third kappa shape index (κ3) is 9.71. The van der Waals surface area contributed by atoms with Crippen molar-refractivity contribution in [2.24, 2.45) is 5.73 Å². The summed E-state index contributed by atoms with van der Waals surface area (Å²) < 4.78 is 14.0. The summed E-state index contributed by atoms with van der Waals surface area (Å²) in [6.45, 7) is 1.67. The van der Waals surface area contributed by atoms with Crippen LogP contribution in [0.5, 0.6) is 0 Å². The SMILES string of the molecule is CCC(N)OP(=O)(O)O.[KH]. The van der Waals surface area contributed by atoms with Gasteiger partial charge in [0.1, 0.15) is 6.23 Å². The molecule has 0 aliphatic carbocycles. The molecular weight excluding hydrogens is 184 g/mol. The molecule has 0 rings (SSSR count). The van der Waals surface area contributed by atoms with Gasteiger partial charge in [-0.1, -0.05) is 6.92 Å². The van der Waals surface area contributed by atoms with Crippen molar-refractivity contribution in [2.75, 3.05) is 0 Å². The van der Waals surface area contributed by atoms with Crippen LogP contribution in [-0.2, 0) is 9.09 Å². The number of phosphoric acid groups is 1. The van der Waals surface area contributed by atoms with Gasteiger partial charge in [-0.3, -0.25) is 4.52 Å². The van der Waals surface area contributed by atoms with E-state index in [1.807, 2.05) is 0 Å². The predicted molar refractivity (Wildman–Crippen MR) is 38.5 cm³/mol. The Hall–Kier alpha value is 1.71. The zero-order valence-corrected chi connectivity index (χ0v) is 5.91. The molecule has 0 saturated heterocycles. The minimum absolute atomic E-state index is 0. The van der Waals surface area contributed by atoms with Gasteiger partial charge in [-0.05, 0) is 6.42 Å². The van der Waals surface area contributed by atoms with Crippen LogP contribution in [0.4, 0.5) is 0 Å². The molecule has 0 saturated carbocycles. The van der Waals surface area contributed by atoms with Crippen molar-refractivity contribution in [1.29, 1.82) is 0 Å². The second-order valence-electron chi connectivity index (χ2n) is 1.54.